The van der Waals surface area contributed by atoms with Crippen LogP contribution in [0.5, 0.6) is 0 Å². The number of rotatable bonds is 3. The molecular weight excluding hydrogens is 300 g/mol. The summed E-state index contributed by atoms with van der Waals surface area (Å²) >= 11 is 0.737. The molecule has 2 N–H and O–H groups in total. The summed E-state index contributed by atoms with van der Waals surface area (Å²) < 4.78 is 60.1. The Morgan fingerprint density at radius 1 is 1.28 bits per heavy atom. The molecule has 0 unspecified atom stereocenters. The summed E-state index contributed by atoms with van der Waals surface area (Å²) in [6.45, 7) is 0. The Balaban J connectivity index is 2.73. The third kappa shape index (κ3) is 2.24. The molecule has 0 saturated carbocycles. The quantitative estimate of drug-likeness (QED) is 0.796. The van der Waals surface area contributed by atoms with Crippen molar-refractivity contribution in [1.29, 1.82) is 0 Å². The first-order valence-corrected chi connectivity index (χ1v) is 8.26. The molecule has 0 aliphatic heterocycles. The largest absolute Gasteiger partial charge is 0.294 e. The maximum Gasteiger partial charge on any atom is 0.294 e. The summed E-state index contributed by atoms with van der Waals surface area (Å²) in [6, 6.07) is 3.54. The predicted octanol–water partition coefficient (Wildman–Crippen LogP) is 0.451. The Kier molecular flexibility index (Phi) is 3.15. The average Bonchev–Trinajstić information content (AvgIpc) is 2.71. The maximum atomic E-state index is 11.6. The second-order valence-corrected chi connectivity index (χ2v) is 7.61. The minimum absolute atomic E-state index is 0.00175. The van der Waals surface area contributed by atoms with Crippen molar-refractivity contribution in [3.05, 3.63) is 18.2 Å². The van der Waals surface area contributed by atoms with Crippen molar-refractivity contribution in [3.8, 4) is 0 Å². The number of nitrogens with one attached hydrogen (secondary N) is 1. The van der Waals surface area contributed by atoms with Crippen molar-refractivity contribution >= 4 is 42.6 Å². The number of benzene rings is 1. The lowest BCUT2D eigenvalue weighted by Crippen LogP contribution is -2.17. The summed E-state index contributed by atoms with van der Waals surface area (Å²) in [5.74, 6) is 0. The number of aromatic nitrogens is 1. The average molecular weight is 308 g/mol. The van der Waals surface area contributed by atoms with Gasteiger partial charge in [0.25, 0.3) is 20.1 Å². The molecule has 1 aromatic carbocycles. The molecule has 0 fully saturated rings. The highest BCUT2D eigenvalue weighted by molar-refractivity contribution is 7.91. The number of nitrogens with zero attached hydrogens (tertiary/aromatic N) is 1. The third-order valence-electron chi connectivity index (χ3n) is 2.23. The zero-order valence-electron chi connectivity index (χ0n) is 8.98. The smallest absolute Gasteiger partial charge is 0.282 e. The van der Waals surface area contributed by atoms with Crippen molar-refractivity contribution in [2.75, 3.05) is 7.05 Å². The van der Waals surface area contributed by atoms with Gasteiger partial charge in [-0.3, -0.25) is 4.55 Å². The molecule has 0 atom stereocenters. The van der Waals surface area contributed by atoms with Gasteiger partial charge in [0.2, 0.25) is 0 Å². The Morgan fingerprint density at radius 3 is 2.50 bits per heavy atom. The van der Waals surface area contributed by atoms with Gasteiger partial charge in [0.1, 0.15) is 0 Å². The van der Waals surface area contributed by atoms with E-state index in [1.165, 1.54) is 13.1 Å². The molecular formula is C8H8N2O5S3. The summed E-state index contributed by atoms with van der Waals surface area (Å²) in [5, 5.41) is 0.307. The fourth-order valence-corrected chi connectivity index (χ4v) is 3.85. The summed E-state index contributed by atoms with van der Waals surface area (Å²) in [5.41, 5.74) is 0.198. The van der Waals surface area contributed by atoms with Crippen LogP contribution in [-0.2, 0) is 20.1 Å². The molecule has 1 heterocycles. The lowest BCUT2D eigenvalue weighted by atomic mass is 10.3. The molecule has 2 rings (SSSR count). The van der Waals surface area contributed by atoms with E-state index in [0.717, 1.165) is 23.7 Å². The molecule has 0 bridgehead atoms. The van der Waals surface area contributed by atoms with E-state index in [1.807, 2.05) is 0 Å². The lowest BCUT2D eigenvalue weighted by molar-refractivity contribution is 0.483. The number of sulfonamides is 1. The van der Waals surface area contributed by atoms with Crippen LogP contribution in [0.25, 0.3) is 10.9 Å². The first-order chi connectivity index (χ1) is 8.25. The van der Waals surface area contributed by atoms with Gasteiger partial charge in [0.15, 0.2) is 4.21 Å². The van der Waals surface area contributed by atoms with Crippen LogP contribution < -0.4 is 4.72 Å². The van der Waals surface area contributed by atoms with E-state index < -0.39 is 20.1 Å². The van der Waals surface area contributed by atoms with Gasteiger partial charge < -0.3 is 0 Å². The molecule has 7 nitrogen and oxygen atoms in total. The number of hydrogen-bond donors (Lipinski definition) is 2. The molecule has 0 radical (unpaired) electrons. The topological polar surface area (TPSA) is 113 Å². The Morgan fingerprint density at radius 2 is 1.94 bits per heavy atom. The minimum atomic E-state index is -4.33. The van der Waals surface area contributed by atoms with Crippen molar-refractivity contribution < 1.29 is 21.4 Å². The van der Waals surface area contributed by atoms with Gasteiger partial charge in [-0.15, -0.1) is 0 Å². The fourth-order valence-electron chi connectivity index (χ4n) is 1.35. The standard InChI is InChI=1S/C8H8N2O5S3/c1-9-17(11,12)8-6-3-2-5(18(13,14)15)4-7(6)10-16-8/h2-4,9H,1H3,(H,13,14,15). The van der Waals surface area contributed by atoms with Crippen LogP contribution in [-0.4, -0.2) is 32.8 Å². The molecule has 0 amide bonds. The first-order valence-electron chi connectivity index (χ1n) is 4.56. The highest BCUT2D eigenvalue weighted by Gasteiger charge is 2.20. The van der Waals surface area contributed by atoms with E-state index in [4.69, 9.17) is 4.55 Å². The van der Waals surface area contributed by atoms with Crippen LogP contribution in [0.15, 0.2) is 27.3 Å². The van der Waals surface area contributed by atoms with Crippen LogP contribution in [0.1, 0.15) is 0 Å². The highest BCUT2D eigenvalue weighted by atomic mass is 32.2. The van der Waals surface area contributed by atoms with Crippen LogP contribution in [0.4, 0.5) is 0 Å². The maximum absolute atomic E-state index is 11.6. The summed E-state index contributed by atoms with van der Waals surface area (Å²) in [7, 11) is -6.69. The van der Waals surface area contributed by atoms with Crippen molar-refractivity contribution in [2.45, 2.75) is 9.10 Å². The zero-order valence-corrected chi connectivity index (χ0v) is 11.4. The van der Waals surface area contributed by atoms with Crippen LogP contribution in [0, 0.1) is 0 Å². The molecule has 10 heteroatoms. The van der Waals surface area contributed by atoms with Gasteiger partial charge in [-0.2, -0.15) is 12.8 Å². The predicted molar refractivity (Wildman–Crippen MR) is 65.7 cm³/mol. The SMILES string of the molecule is CNS(=O)(=O)c1snc2cc(S(=O)(=O)O)ccc12. The molecule has 18 heavy (non-hydrogen) atoms. The Bertz CT molecular complexity index is 806. The van der Waals surface area contributed by atoms with E-state index in [-0.39, 0.29) is 14.6 Å². The van der Waals surface area contributed by atoms with Gasteiger partial charge >= 0.3 is 0 Å². The second-order valence-electron chi connectivity index (χ2n) is 3.33. The third-order valence-corrected chi connectivity index (χ3v) is 5.88. The monoisotopic (exact) mass is 308 g/mol. The summed E-state index contributed by atoms with van der Waals surface area (Å²) in [6.07, 6.45) is 0. The summed E-state index contributed by atoms with van der Waals surface area (Å²) in [4.78, 5) is -0.325. The minimum Gasteiger partial charge on any atom is -0.282 e. The first kappa shape index (κ1) is 13.4. The van der Waals surface area contributed by atoms with Gasteiger partial charge in [-0.1, -0.05) is 0 Å². The fraction of sp³-hybridized carbons (Fsp3) is 0.125. The zero-order chi connectivity index (χ0) is 13.6. The Labute approximate surface area is 107 Å². The molecule has 98 valence electrons. The van der Waals surface area contributed by atoms with Gasteiger partial charge in [-0.05, 0) is 36.8 Å². The van der Waals surface area contributed by atoms with Gasteiger partial charge in [-0.25, -0.2) is 13.1 Å². The van der Waals surface area contributed by atoms with Crippen LogP contribution in [0.2, 0.25) is 0 Å². The van der Waals surface area contributed by atoms with Crippen molar-refractivity contribution in [2.24, 2.45) is 0 Å². The van der Waals surface area contributed by atoms with Crippen molar-refractivity contribution in [3.63, 3.8) is 0 Å². The normalized spacial score (nSPS) is 13.0. The van der Waals surface area contributed by atoms with E-state index in [9.17, 15) is 16.8 Å². The van der Waals surface area contributed by atoms with Gasteiger partial charge in [0.05, 0.1) is 10.4 Å². The lowest BCUT2D eigenvalue weighted by Gasteiger charge is -1.99. The van der Waals surface area contributed by atoms with E-state index in [1.54, 1.807) is 0 Å². The van der Waals surface area contributed by atoms with Crippen molar-refractivity contribution in [1.82, 2.24) is 9.10 Å². The number of fused-ring (bicyclic) bond motifs is 1. The Hall–Kier alpha value is -1.07. The molecule has 0 aliphatic carbocycles. The number of hydrogen-bond acceptors (Lipinski definition) is 6. The van der Waals surface area contributed by atoms with Crippen LogP contribution >= 0.6 is 11.5 Å². The molecule has 0 saturated heterocycles. The highest BCUT2D eigenvalue weighted by Crippen LogP contribution is 2.28. The van der Waals surface area contributed by atoms with E-state index >= 15 is 0 Å². The van der Waals surface area contributed by atoms with Gasteiger partial charge in [0, 0.05) is 5.39 Å². The second kappa shape index (κ2) is 4.24. The van der Waals surface area contributed by atoms with E-state index in [0.29, 0.717) is 5.39 Å². The molecule has 0 aliphatic rings. The molecule has 1 aromatic heterocycles. The molecule has 0 spiro atoms. The van der Waals surface area contributed by atoms with E-state index in [2.05, 4.69) is 9.10 Å². The van der Waals surface area contributed by atoms with Crippen LogP contribution in [0.3, 0.4) is 0 Å². The molecule has 2 aromatic rings.